The molecule has 0 unspecified atom stereocenters. The molecule has 0 saturated heterocycles. The zero-order valence-electron chi connectivity index (χ0n) is 8.63. The highest BCUT2D eigenvalue weighted by Gasteiger charge is 2.25. The number of rotatable bonds is 3. The van der Waals surface area contributed by atoms with Gasteiger partial charge in [0.15, 0.2) is 0 Å². The lowest BCUT2D eigenvalue weighted by Gasteiger charge is -2.22. The normalized spacial score (nSPS) is 11.0. The number of hydrogen-bond acceptors (Lipinski definition) is 2. The third-order valence-electron chi connectivity index (χ3n) is 1.99. The Hall–Kier alpha value is -1.06. The van der Waals surface area contributed by atoms with Crippen molar-refractivity contribution in [2.45, 2.75) is 27.7 Å². The van der Waals surface area contributed by atoms with Gasteiger partial charge in [0.25, 0.3) is 0 Å². The van der Waals surface area contributed by atoms with Crippen LogP contribution in [0.15, 0.2) is 0 Å². The second-order valence-corrected chi connectivity index (χ2v) is 3.87. The standard InChI is InChI=1S/C9H18N2O2/c1-5(2)7(6(3)4)8(12)11-9(10)13/h5-7H,1-4H3,(H3,10,11,12,13). The average Bonchev–Trinajstić information content (AvgIpc) is 1.81. The van der Waals surface area contributed by atoms with Gasteiger partial charge in [0, 0.05) is 5.92 Å². The van der Waals surface area contributed by atoms with Gasteiger partial charge in [0.2, 0.25) is 5.91 Å². The summed E-state index contributed by atoms with van der Waals surface area (Å²) in [6.45, 7) is 7.80. The molecule has 13 heavy (non-hydrogen) atoms. The Labute approximate surface area is 78.9 Å². The smallest absolute Gasteiger partial charge is 0.318 e. The summed E-state index contributed by atoms with van der Waals surface area (Å²) in [4.78, 5) is 21.9. The monoisotopic (exact) mass is 186 g/mol. The third kappa shape index (κ3) is 3.92. The van der Waals surface area contributed by atoms with Crippen LogP contribution in [0.3, 0.4) is 0 Å². The first-order chi connectivity index (χ1) is 5.86. The molecular formula is C9H18N2O2. The van der Waals surface area contributed by atoms with E-state index < -0.39 is 6.03 Å². The highest BCUT2D eigenvalue weighted by Crippen LogP contribution is 2.20. The van der Waals surface area contributed by atoms with E-state index in [1.807, 2.05) is 27.7 Å². The SMILES string of the molecule is CC(C)C(C(=O)NC(N)=O)C(C)C. The first kappa shape index (κ1) is 11.9. The van der Waals surface area contributed by atoms with E-state index in [1.54, 1.807) is 0 Å². The van der Waals surface area contributed by atoms with Crippen molar-refractivity contribution in [3.8, 4) is 0 Å². The molecule has 0 aliphatic rings. The lowest BCUT2D eigenvalue weighted by atomic mass is 9.85. The lowest BCUT2D eigenvalue weighted by molar-refractivity contribution is -0.126. The van der Waals surface area contributed by atoms with Crippen molar-refractivity contribution in [1.82, 2.24) is 5.32 Å². The average molecular weight is 186 g/mol. The molecule has 3 amide bonds. The van der Waals surface area contributed by atoms with Gasteiger partial charge in [0.1, 0.15) is 0 Å². The maximum absolute atomic E-state index is 11.4. The molecule has 0 radical (unpaired) electrons. The number of primary amides is 1. The Morgan fingerprint density at radius 2 is 1.46 bits per heavy atom. The molecule has 3 N–H and O–H groups in total. The second-order valence-electron chi connectivity index (χ2n) is 3.87. The van der Waals surface area contributed by atoms with Crippen molar-refractivity contribution >= 4 is 11.9 Å². The maximum atomic E-state index is 11.4. The van der Waals surface area contributed by atoms with Crippen molar-refractivity contribution in [2.75, 3.05) is 0 Å². The van der Waals surface area contributed by atoms with Crippen LogP contribution < -0.4 is 11.1 Å². The number of amides is 3. The quantitative estimate of drug-likeness (QED) is 0.693. The molecule has 0 aromatic heterocycles. The van der Waals surface area contributed by atoms with Crippen LogP contribution in [0.2, 0.25) is 0 Å². The summed E-state index contributed by atoms with van der Waals surface area (Å²) in [5, 5.41) is 2.11. The summed E-state index contributed by atoms with van der Waals surface area (Å²) in [7, 11) is 0. The van der Waals surface area contributed by atoms with Crippen molar-refractivity contribution < 1.29 is 9.59 Å². The van der Waals surface area contributed by atoms with Crippen LogP contribution in [0.1, 0.15) is 27.7 Å². The van der Waals surface area contributed by atoms with E-state index in [9.17, 15) is 9.59 Å². The molecule has 0 rings (SSSR count). The van der Waals surface area contributed by atoms with Gasteiger partial charge in [-0.25, -0.2) is 4.79 Å². The van der Waals surface area contributed by atoms with Gasteiger partial charge in [-0.2, -0.15) is 0 Å². The Morgan fingerprint density at radius 3 is 1.69 bits per heavy atom. The van der Waals surface area contributed by atoms with E-state index in [1.165, 1.54) is 0 Å². The molecule has 0 atom stereocenters. The van der Waals surface area contributed by atoms with Gasteiger partial charge in [-0.1, -0.05) is 27.7 Å². The lowest BCUT2D eigenvalue weighted by Crippen LogP contribution is -2.42. The van der Waals surface area contributed by atoms with Gasteiger partial charge in [-0.15, -0.1) is 0 Å². The number of imide groups is 1. The summed E-state index contributed by atoms with van der Waals surface area (Å²) >= 11 is 0. The van der Waals surface area contributed by atoms with Crippen LogP contribution in [-0.4, -0.2) is 11.9 Å². The molecule has 0 aliphatic heterocycles. The number of urea groups is 1. The van der Waals surface area contributed by atoms with Crippen LogP contribution in [0, 0.1) is 17.8 Å². The Morgan fingerprint density at radius 1 is 1.08 bits per heavy atom. The summed E-state index contributed by atoms with van der Waals surface area (Å²) in [6.07, 6.45) is 0. The van der Waals surface area contributed by atoms with E-state index in [0.29, 0.717) is 0 Å². The number of carbonyl (C=O) groups is 2. The van der Waals surface area contributed by atoms with Crippen LogP contribution in [0.5, 0.6) is 0 Å². The third-order valence-corrected chi connectivity index (χ3v) is 1.99. The van der Waals surface area contributed by atoms with Crippen molar-refractivity contribution in [1.29, 1.82) is 0 Å². The molecular weight excluding hydrogens is 168 g/mol. The molecule has 0 bridgehead atoms. The van der Waals surface area contributed by atoms with Crippen LogP contribution in [-0.2, 0) is 4.79 Å². The molecule has 0 fully saturated rings. The number of hydrogen-bond donors (Lipinski definition) is 2. The van der Waals surface area contributed by atoms with Gasteiger partial charge in [-0.3, -0.25) is 10.1 Å². The first-order valence-electron chi connectivity index (χ1n) is 4.46. The minimum absolute atomic E-state index is 0.160. The first-order valence-corrected chi connectivity index (χ1v) is 4.46. The molecule has 0 saturated carbocycles. The molecule has 4 nitrogen and oxygen atoms in total. The van der Waals surface area contributed by atoms with E-state index in [4.69, 9.17) is 5.73 Å². The topological polar surface area (TPSA) is 72.2 Å². The maximum Gasteiger partial charge on any atom is 0.318 e. The molecule has 4 heteroatoms. The van der Waals surface area contributed by atoms with Crippen molar-refractivity contribution in [3.63, 3.8) is 0 Å². The van der Waals surface area contributed by atoms with E-state index in [0.717, 1.165) is 0 Å². The predicted octanol–water partition coefficient (Wildman–Crippen LogP) is 1.11. The Kier molecular flexibility index (Phi) is 4.45. The van der Waals surface area contributed by atoms with E-state index >= 15 is 0 Å². The van der Waals surface area contributed by atoms with Gasteiger partial charge in [-0.05, 0) is 11.8 Å². The molecule has 0 aliphatic carbocycles. The summed E-state index contributed by atoms with van der Waals surface area (Å²) in [5.41, 5.74) is 4.86. The second kappa shape index (κ2) is 4.84. The molecule has 0 aromatic rings. The fraction of sp³-hybridized carbons (Fsp3) is 0.778. The number of nitrogens with two attached hydrogens (primary N) is 1. The highest BCUT2D eigenvalue weighted by atomic mass is 16.2. The fourth-order valence-corrected chi connectivity index (χ4v) is 1.58. The van der Waals surface area contributed by atoms with E-state index in [2.05, 4.69) is 5.32 Å². The summed E-state index contributed by atoms with van der Waals surface area (Å²) in [5.74, 6) is -0.0244. The Balaban J connectivity index is 4.38. The summed E-state index contributed by atoms with van der Waals surface area (Å²) in [6, 6.07) is -0.781. The predicted molar refractivity (Wildman–Crippen MR) is 50.9 cm³/mol. The zero-order chi connectivity index (χ0) is 10.6. The van der Waals surface area contributed by atoms with Crippen LogP contribution in [0.4, 0.5) is 4.79 Å². The molecule has 0 heterocycles. The van der Waals surface area contributed by atoms with Gasteiger partial charge in [0.05, 0.1) is 0 Å². The zero-order valence-corrected chi connectivity index (χ0v) is 8.63. The molecule has 0 spiro atoms. The van der Waals surface area contributed by atoms with Crippen molar-refractivity contribution in [3.05, 3.63) is 0 Å². The number of nitrogens with one attached hydrogen (secondary N) is 1. The molecule has 76 valence electrons. The Bertz CT molecular complexity index is 192. The van der Waals surface area contributed by atoms with Gasteiger partial charge < -0.3 is 5.73 Å². The minimum atomic E-state index is -0.781. The minimum Gasteiger partial charge on any atom is -0.351 e. The van der Waals surface area contributed by atoms with E-state index in [-0.39, 0.29) is 23.7 Å². The molecule has 0 aromatic carbocycles. The van der Waals surface area contributed by atoms with Crippen molar-refractivity contribution in [2.24, 2.45) is 23.5 Å². The van der Waals surface area contributed by atoms with Gasteiger partial charge >= 0.3 is 6.03 Å². The largest absolute Gasteiger partial charge is 0.351 e. The number of carbonyl (C=O) groups excluding carboxylic acids is 2. The summed E-state index contributed by atoms with van der Waals surface area (Å²) < 4.78 is 0. The highest BCUT2D eigenvalue weighted by molar-refractivity contribution is 5.94. The van der Waals surface area contributed by atoms with Crippen LogP contribution >= 0.6 is 0 Å². The fourth-order valence-electron chi connectivity index (χ4n) is 1.58. The van der Waals surface area contributed by atoms with Crippen LogP contribution in [0.25, 0.3) is 0 Å².